The second-order valence-corrected chi connectivity index (χ2v) is 9.36. The molecule has 2 rings (SSSR count). The number of halogens is 1. The fourth-order valence-corrected chi connectivity index (χ4v) is 3.11. The monoisotopic (exact) mass is 338 g/mol. The highest BCUT2D eigenvalue weighted by atomic mass is 79.9. The van der Waals surface area contributed by atoms with Crippen molar-refractivity contribution in [2.45, 2.75) is 6.10 Å². The van der Waals surface area contributed by atoms with E-state index in [0.717, 1.165) is 20.9 Å². The maximum Gasteiger partial charge on any atom is 0.183 e. The standard InChI is InChI=1S/C14H15BrN2OS/c1-19(2,3)18-13(9-16)14-10-5-4-8-17-12(10)7-6-11(14)15/h4-8,13H,1-3H3. The first-order chi connectivity index (χ1) is 8.92. The maximum atomic E-state index is 9.42. The molecule has 0 spiro atoms. The van der Waals surface area contributed by atoms with Gasteiger partial charge in [-0.3, -0.25) is 4.98 Å². The summed E-state index contributed by atoms with van der Waals surface area (Å²) in [5.41, 5.74) is 1.73. The summed E-state index contributed by atoms with van der Waals surface area (Å²) < 4.78 is 6.80. The zero-order chi connectivity index (χ0) is 14.0. The normalized spacial score (nSPS) is 14.1. The molecule has 100 valence electrons. The smallest absolute Gasteiger partial charge is 0.183 e. The van der Waals surface area contributed by atoms with Crippen LogP contribution in [0.2, 0.25) is 0 Å². The molecule has 0 saturated heterocycles. The predicted octanol–water partition coefficient (Wildman–Crippen LogP) is 4.19. The van der Waals surface area contributed by atoms with E-state index in [9.17, 15) is 5.26 Å². The summed E-state index contributed by atoms with van der Waals surface area (Å²) in [6, 6.07) is 9.93. The molecule has 0 fully saturated rings. The van der Waals surface area contributed by atoms with Crippen molar-refractivity contribution < 1.29 is 4.18 Å². The Morgan fingerprint density at radius 3 is 2.68 bits per heavy atom. The van der Waals surface area contributed by atoms with E-state index in [2.05, 4.69) is 27.0 Å². The quantitative estimate of drug-likeness (QED) is 0.842. The number of benzene rings is 1. The van der Waals surface area contributed by atoms with Crippen molar-refractivity contribution in [1.82, 2.24) is 4.98 Å². The van der Waals surface area contributed by atoms with E-state index in [1.165, 1.54) is 0 Å². The van der Waals surface area contributed by atoms with Crippen molar-refractivity contribution in [2.75, 3.05) is 18.8 Å². The fourth-order valence-electron chi connectivity index (χ4n) is 1.84. The second kappa shape index (κ2) is 5.49. The fraction of sp³-hybridized carbons (Fsp3) is 0.286. The minimum Gasteiger partial charge on any atom is -0.314 e. The lowest BCUT2D eigenvalue weighted by molar-refractivity contribution is 0.303. The summed E-state index contributed by atoms with van der Waals surface area (Å²) >= 11 is 3.52. The van der Waals surface area contributed by atoms with Gasteiger partial charge in [-0.25, -0.2) is 0 Å². The van der Waals surface area contributed by atoms with Crippen LogP contribution in [0.15, 0.2) is 34.9 Å². The molecular weight excluding hydrogens is 324 g/mol. The Kier molecular flexibility index (Phi) is 4.14. The summed E-state index contributed by atoms with van der Waals surface area (Å²) in [6.45, 7) is 0. The van der Waals surface area contributed by atoms with Crippen molar-refractivity contribution in [3.63, 3.8) is 0 Å². The summed E-state index contributed by atoms with van der Waals surface area (Å²) in [4.78, 5) is 4.32. The van der Waals surface area contributed by atoms with Crippen LogP contribution in [0.5, 0.6) is 0 Å². The van der Waals surface area contributed by atoms with Gasteiger partial charge in [-0.05, 0) is 37.0 Å². The van der Waals surface area contributed by atoms with Gasteiger partial charge in [-0.1, -0.05) is 22.0 Å². The van der Waals surface area contributed by atoms with E-state index < -0.39 is 16.4 Å². The first-order valence-corrected chi connectivity index (χ1v) is 9.29. The Morgan fingerprint density at radius 2 is 2.05 bits per heavy atom. The Labute approximate surface area is 123 Å². The minimum atomic E-state index is -1.23. The number of fused-ring (bicyclic) bond motifs is 1. The van der Waals surface area contributed by atoms with Crippen LogP contribution in [0.3, 0.4) is 0 Å². The topological polar surface area (TPSA) is 45.9 Å². The van der Waals surface area contributed by atoms with E-state index in [-0.39, 0.29) is 0 Å². The van der Waals surface area contributed by atoms with Crippen molar-refractivity contribution in [1.29, 1.82) is 5.26 Å². The lowest BCUT2D eigenvalue weighted by atomic mass is 10.0. The molecule has 0 saturated carbocycles. The molecule has 0 radical (unpaired) electrons. The third kappa shape index (κ3) is 3.27. The summed E-state index contributed by atoms with van der Waals surface area (Å²) in [7, 11) is -1.23. The molecule has 0 N–H and O–H groups in total. The largest absolute Gasteiger partial charge is 0.314 e. The van der Waals surface area contributed by atoms with Crippen LogP contribution >= 0.6 is 26.2 Å². The van der Waals surface area contributed by atoms with Crippen LogP contribution in [0.4, 0.5) is 0 Å². The molecule has 1 aromatic carbocycles. The first-order valence-electron chi connectivity index (χ1n) is 5.71. The van der Waals surface area contributed by atoms with Crippen LogP contribution < -0.4 is 0 Å². The van der Waals surface area contributed by atoms with Crippen LogP contribution in [0.1, 0.15) is 11.7 Å². The Hall–Kier alpha value is -1.09. The van der Waals surface area contributed by atoms with Crippen LogP contribution in [-0.2, 0) is 4.18 Å². The molecule has 1 aromatic heterocycles. The third-order valence-electron chi connectivity index (χ3n) is 2.54. The molecule has 0 aliphatic carbocycles. The highest BCUT2D eigenvalue weighted by Gasteiger charge is 2.22. The third-order valence-corrected chi connectivity index (χ3v) is 4.00. The van der Waals surface area contributed by atoms with Crippen LogP contribution in [0.25, 0.3) is 10.9 Å². The van der Waals surface area contributed by atoms with Gasteiger partial charge in [-0.15, -0.1) is 10.3 Å². The molecule has 0 aliphatic rings. The summed E-state index contributed by atoms with van der Waals surface area (Å²) in [5, 5.41) is 10.4. The first kappa shape index (κ1) is 14.3. The average molecular weight is 339 g/mol. The van der Waals surface area contributed by atoms with Crippen molar-refractivity contribution in [2.24, 2.45) is 0 Å². The van der Waals surface area contributed by atoms with Gasteiger partial charge in [0.15, 0.2) is 6.10 Å². The van der Waals surface area contributed by atoms with Crippen LogP contribution in [0, 0.1) is 11.3 Å². The lowest BCUT2D eigenvalue weighted by Crippen LogP contribution is -2.07. The van der Waals surface area contributed by atoms with Gasteiger partial charge < -0.3 is 4.18 Å². The minimum absolute atomic E-state index is 0.586. The number of pyridine rings is 1. The zero-order valence-electron chi connectivity index (χ0n) is 11.1. The summed E-state index contributed by atoms with van der Waals surface area (Å²) in [6.07, 6.45) is 7.23. The SMILES string of the molecule is CS(C)(C)OC(C#N)c1c(Br)ccc2ncccc12. The van der Waals surface area contributed by atoms with E-state index in [1.54, 1.807) is 6.20 Å². The van der Waals surface area contributed by atoms with Gasteiger partial charge in [0.25, 0.3) is 0 Å². The molecule has 3 nitrogen and oxygen atoms in total. The molecule has 1 heterocycles. The Morgan fingerprint density at radius 1 is 1.32 bits per heavy atom. The number of rotatable bonds is 3. The molecule has 0 bridgehead atoms. The van der Waals surface area contributed by atoms with E-state index >= 15 is 0 Å². The van der Waals surface area contributed by atoms with Crippen LogP contribution in [-0.4, -0.2) is 23.8 Å². The van der Waals surface area contributed by atoms with E-state index in [4.69, 9.17) is 4.18 Å². The highest BCUT2D eigenvalue weighted by Crippen LogP contribution is 2.44. The number of nitriles is 1. The number of hydrogen-bond donors (Lipinski definition) is 0. The molecule has 1 atom stereocenters. The number of nitrogens with zero attached hydrogens (tertiary/aromatic N) is 2. The average Bonchev–Trinajstić information content (AvgIpc) is 2.35. The second-order valence-electron chi connectivity index (χ2n) is 4.86. The molecule has 19 heavy (non-hydrogen) atoms. The molecule has 2 aromatic rings. The number of aromatic nitrogens is 1. The van der Waals surface area contributed by atoms with Gasteiger partial charge in [0.05, 0.1) is 5.52 Å². The predicted molar refractivity (Wildman–Crippen MR) is 84.2 cm³/mol. The van der Waals surface area contributed by atoms with E-state index in [1.807, 2.05) is 43.0 Å². The summed E-state index contributed by atoms with van der Waals surface area (Å²) in [5.74, 6) is 0. The van der Waals surface area contributed by atoms with Gasteiger partial charge in [0.2, 0.25) is 0 Å². The lowest BCUT2D eigenvalue weighted by Gasteiger charge is -2.29. The molecule has 0 amide bonds. The molecular formula is C14H15BrN2OS. The van der Waals surface area contributed by atoms with Gasteiger partial charge >= 0.3 is 0 Å². The van der Waals surface area contributed by atoms with Gasteiger partial charge in [-0.2, -0.15) is 5.26 Å². The van der Waals surface area contributed by atoms with Gasteiger partial charge in [0, 0.05) is 21.6 Å². The Balaban J connectivity index is 2.60. The highest BCUT2D eigenvalue weighted by molar-refractivity contribution is 9.10. The number of hydrogen-bond acceptors (Lipinski definition) is 3. The Bertz CT molecular complexity index is 646. The molecule has 0 aliphatic heterocycles. The van der Waals surface area contributed by atoms with Crippen molar-refractivity contribution in [3.8, 4) is 6.07 Å². The van der Waals surface area contributed by atoms with E-state index in [0.29, 0.717) is 0 Å². The maximum absolute atomic E-state index is 9.42. The van der Waals surface area contributed by atoms with Crippen molar-refractivity contribution in [3.05, 3.63) is 40.5 Å². The van der Waals surface area contributed by atoms with Crippen molar-refractivity contribution >= 4 is 37.1 Å². The van der Waals surface area contributed by atoms with Gasteiger partial charge in [0.1, 0.15) is 6.07 Å². The molecule has 5 heteroatoms. The molecule has 1 unspecified atom stereocenters. The zero-order valence-corrected chi connectivity index (χ0v) is 13.5.